The predicted octanol–water partition coefficient (Wildman–Crippen LogP) is -1.60. The van der Waals surface area contributed by atoms with Crippen molar-refractivity contribution in [1.29, 1.82) is 0 Å². The lowest BCUT2D eigenvalue weighted by molar-refractivity contribution is -0.107. The SMILES string of the molecule is NCC(C=O)S(=O)(=O)O. The third kappa shape index (κ3) is 2.54. The molecule has 0 aliphatic rings. The molecular weight excluding hydrogens is 146 g/mol. The molecule has 1 unspecified atom stereocenters. The number of aldehydes is 1. The Bertz CT molecular complexity index is 184. The van der Waals surface area contributed by atoms with Crippen LogP contribution < -0.4 is 5.73 Å². The van der Waals surface area contributed by atoms with Crippen molar-refractivity contribution < 1.29 is 17.8 Å². The summed E-state index contributed by atoms with van der Waals surface area (Å²) in [4.78, 5) is 9.76. The maximum Gasteiger partial charge on any atom is 0.275 e. The van der Waals surface area contributed by atoms with Gasteiger partial charge in [0.05, 0.1) is 0 Å². The number of rotatable bonds is 3. The van der Waals surface area contributed by atoms with Gasteiger partial charge in [-0.2, -0.15) is 8.42 Å². The molecule has 0 rings (SSSR count). The second kappa shape index (κ2) is 2.90. The van der Waals surface area contributed by atoms with Gasteiger partial charge in [-0.25, -0.2) is 0 Å². The number of hydrogen-bond acceptors (Lipinski definition) is 4. The Morgan fingerprint density at radius 2 is 2.11 bits per heavy atom. The summed E-state index contributed by atoms with van der Waals surface area (Å²) in [5, 5.41) is -1.47. The van der Waals surface area contributed by atoms with Crippen LogP contribution in [0.1, 0.15) is 0 Å². The van der Waals surface area contributed by atoms with Crippen LogP contribution in [0.3, 0.4) is 0 Å². The van der Waals surface area contributed by atoms with Gasteiger partial charge in [0.1, 0.15) is 6.29 Å². The van der Waals surface area contributed by atoms with E-state index in [-0.39, 0.29) is 12.8 Å². The molecule has 0 amide bonds. The lowest BCUT2D eigenvalue weighted by atomic mass is 10.5. The topological polar surface area (TPSA) is 97.5 Å². The zero-order valence-electron chi connectivity index (χ0n) is 4.52. The summed E-state index contributed by atoms with van der Waals surface area (Å²) >= 11 is 0. The van der Waals surface area contributed by atoms with Crippen molar-refractivity contribution in [3.05, 3.63) is 0 Å². The molecule has 6 heteroatoms. The summed E-state index contributed by atoms with van der Waals surface area (Å²) in [6.07, 6.45) is 0.0926. The van der Waals surface area contributed by atoms with Crippen LogP contribution in [0.25, 0.3) is 0 Å². The summed E-state index contributed by atoms with van der Waals surface area (Å²) in [6.45, 7) is -0.387. The van der Waals surface area contributed by atoms with Gasteiger partial charge in [0.15, 0.2) is 5.25 Å². The Labute approximate surface area is 52.6 Å². The van der Waals surface area contributed by atoms with Crippen LogP contribution in [0.4, 0.5) is 0 Å². The molecule has 0 aliphatic carbocycles. The van der Waals surface area contributed by atoms with Crippen LogP contribution in [-0.2, 0) is 14.9 Å². The van der Waals surface area contributed by atoms with Gasteiger partial charge in [0.25, 0.3) is 10.1 Å². The molecule has 1 atom stereocenters. The number of nitrogens with two attached hydrogens (primary N) is 1. The van der Waals surface area contributed by atoms with Crippen molar-refractivity contribution in [2.45, 2.75) is 5.25 Å². The van der Waals surface area contributed by atoms with Gasteiger partial charge in [0.2, 0.25) is 0 Å². The summed E-state index contributed by atoms with van der Waals surface area (Å²) < 4.78 is 28.2. The van der Waals surface area contributed by atoms with Gasteiger partial charge in [-0.1, -0.05) is 0 Å². The van der Waals surface area contributed by atoms with E-state index >= 15 is 0 Å². The fourth-order valence-corrected chi connectivity index (χ4v) is 0.631. The third-order valence-electron chi connectivity index (χ3n) is 0.767. The number of carbonyl (C=O) groups excluding carboxylic acids is 1. The highest BCUT2D eigenvalue weighted by Crippen LogP contribution is 1.90. The molecule has 0 bridgehead atoms. The van der Waals surface area contributed by atoms with E-state index in [2.05, 4.69) is 0 Å². The minimum atomic E-state index is -4.26. The molecule has 0 heterocycles. The number of carbonyl (C=O) groups is 1. The van der Waals surface area contributed by atoms with E-state index in [4.69, 9.17) is 10.3 Å². The Hall–Kier alpha value is -0.460. The minimum absolute atomic E-state index is 0.0926. The molecule has 0 aromatic rings. The van der Waals surface area contributed by atoms with Gasteiger partial charge >= 0.3 is 0 Å². The summed E-state index contributed by atoms with van der Waals surface area (Å²) in [5.74, 6) is 0. The molecule has 9 heavy (non-hydrogen) atoms. The Morgan fingerprint density at radius 3 is 2.11 bits per heavy atom. The van der Waals surface area contributed by atoms with Gasteiger partial charge in [-0.05, 0) is 0 Å². The maximum atomic E-state index is 10.0. The molecule has 0 spiro atoms. The summed E-state index contributed by atoms with van der Waals surface area (Å²) in [7, 11) is -4.26. The molecule has 0 aromatic carbocycles. The standard InChI is InChI=1S/C3H7NO4S/c4-1-3(2-5)9(6,7)8/h2-3H,1,4H2,(H,6,7,8). The van der Waals surface area contributed by atoms with Crippen molar-refractivity contribution >= 4 is 16.4 Å². The molecule has 0 radical (unpaired) electrons. The van der Waals surface area contributed by atoms with Gasteiger partial charge in [-0.3, -0.25) is 4.55 Å². The zero-order valence-corrected chi connectivity index (χ0v) is 5.34. The molecular formula is C3H7NO4S. The first-order valence-corrected chi connectivity index (χ1v) is 3.64. The predicted molar refractivity (Wildman–Crippen MR) is 30.5 cm³/mol. The second-order valence-corrected chi connectivity index (χ2v) is 3.06. The second-order valence-electron chi connectivity index (χ2n) is 1.43. The normalized spacial score (nSPS) is 14.9. The molecule has 0 fully saturated rings. The van der Waals surface area contributed by atoms with Crippen LogP contribution in [0.15, 0.2) is 0 Å². The van der Waals surface area contributed by atoms with Crippen LogP contribution in [0.2, 0.25) is 0 Å². The fourth-order valence-electron chi connectivity index (χ4n) is 0.247. The van der Waals surface area contributed by atoms with Crippen LogP contribution in [0.5, 0.6) is 0 Å². The van der Waals surface area contributed by atoms with Crippen molar-refractivity contribution in [3.63, 3.8) is 0 Å². The van der Waals surface area contributed by atoms with Crippen molar-refractivity contribution in [2.24, 2.45) is 5.73 Å². The highest BCUT2D eigenvalue weighted by molar-refractivity contribution is 7.87. The van der Waals surface area contributed by atoms with E-state index in [1.165, 1.54) is 0 Å². The number of hydrogen-bond donors (Lipinski definition) is 2. The molecule has 0 aromatic heterocycles. The molecule has 0 saturated heterocycles. The molecule has 0 aliphatic heterocycles. The first kappa shape index (κ1) is 8.54. The Balaban J connectivity index is 4.32. The lowest BCUT2D eigenvalue weighted by Crippen LogP contribution is -2.30. The Kier molecular flexibility index (Phi) is 2.75. The van der Waals surface area contributed by atoms with E-state index < -0.39 is 15.4 Å². The van der Waals surface area contributed by atoms with E-state index in [1.807, 2.05) is 0 Å². The van der Waals surface area contributed by atoms with Gasteiger partial charge in [0, 0.05) is 6.54 Å². The molecule has 54 valence electrons. The molecule has 0 saturated carbocycles. The summed E-state index contributed by atoms with van der Waals surface area (Å²) in [5.41, 5.74) is 4.80. The minimum Gasteiger partial charge on any atom is -0.329 e. The van der Waals surface area contributed by atoms with Gasteiger partial charge in [-0.15, -0.1) is 0 Å². The highest BCUT2D eigenvalue weighted by Gasteiger charge is 2.19. The van der Waals surface area contributed by atoms with Gasteiger partial charge < -0.3 is 10.5 Å². The van der Waals surface area contributed by atoms with Crippen molar-refractivity contribution in [2.75, 3.05) is 6.54 Å². The lowest BCUT2D eigenvalue weighted by Gasteiger charge is -1.99. The fraction of sp³-hybridized carbons (Fsp3) is 0.667. The van der Waals surface area contributed by atoms with E-state index in [1.54, 1.807) is 0 Å². The first-order chi connectivity index (χ1) is 4.02. The van der Waals surface area contributed by atoms with E-state index in [0.29, 0.717) is 0 Å². The maximum absolute atomic E-state index is 10.0. The quantitative estimate of drug-likeness (QED) is 0.376. The molecule has 5 nitrogen and oxygen atoms in total. The van der Waals surface area contributed by atoms with Crippen molar-refractivity contribution in [3.8, 4) is 0 Å². The largest absolute Gasteiger partial charge is 0.329 e. The van der Waals surface area contributed by atoms with E-state index in [9.17, 15) is 13.2 Å². The highest BCUT2D eigenvalue weighted by atomic mass is 32.2. The average molecular weight is 153 g/mol. The average Bonchev–Trinajstić information content (AvgIpc) is 1.65. The van der Waals surface area contributed by atoms with Crippen LogP contribution >= 0.6 is 0 Å². The third-order valence-corrected chi connectivity index (χ3v) is 1.84. The van der Waals surface area contributed by atoms with E-state index in [0.717, 1.165) is 0 Å². The van der Waals surface area contributed by atoms with Crippen LogP contribution in [-0.4, -0.2) is 31.1 Å². The van der Waals surface area contributed by atoms with Crippen molar-refractivity contribution in [1.82, 2.24) is 0 Å². The first-order valence-electron chi connectivity index (χ1n) is 2.14. The smallest absolute Gasteiger partial charge is 0.275 e. The zero-order chi connectivity index (χ0) is 7.49. The van der Waals surface area contributed by atoms with Crippen LogP contribution in [0, 0.1) is 0 Å². The molecule has 3 N–H and O–H groups in total. The Morgan fingerprint density at radius 1 is 1.67 bits per heavy atom. The monoisotopic (exact) mass is 153 g/mol. The summed E-state index contributed by atoms with van der Waals surface area (Å²) in [6, 6.07) is 0.